The maximum atomic E-state index is 14.7. The standard InChI is InChI=1S/C34H38Cl2N2O6S/c1-34(20-31(39)40)19-29(25-6-4-7-27(36)18-25)32(24-11-13-26(35)14-12-24)38(33(34)41)30(23-9-10-23)21-37(45(42)43)16-15-22-5-3-8-28(17-22)44-2/h3-8,11-14,17-18,23,29-30,32H,9-10,15-16,19-21H2,1-2H3,(H,39,40)(H,42,43)/t29?,30?,32-,34-/m1/s1. The van der Waals surface area contributed by atoms with Crippen molar-refractivity contribution in [3.05, 3.63) is 99.5 Å². The van der Waals surface area contributed by atoms with Gasteiger partial charge in [0.15, 0.2) is 0 Å². The molecule has 1 saturated heterocycles. The molecule has 2 fully saturated rings. The van der Waals surface area contributed by atoms with Gasteiger partial charge in [-0.1, -0.05) is 66.5 Å². The summed E-state index contributed by atoms with van der Waals surface area (Å²) in [6, 6.07) is 21.5. The number of aliphatic carboxylic acids is 1. The van der Waals surface area contributed by atoms with Gasteiger partial charge in [-0.25, -0.2) is 4.21 Å². The molecule has 1 aliphatic carbocycles. The lowest BCUT2D eigenvalue weighted by Crippen LogP contribution is -2.59. The van der Waals surface area contributed by atoms with Gasteiger partial charge in [-0.15, -0.1) is 0 Å². The molecule has 3 aromatic carbocycles. The third kappa shape index (κ3) is 7.89. The quantitative estimate of drug-likeness (QED) is 0.189. The fourth-order valence-corrected chi connectivity index (χ4v) is 7.57. The van der Waals surface area contributed by atoms with E-state index >= 15 is 0 Å². The molecule has 0 radical (unpaired) electrons. The Morgan fingerprint density at radius 3 is 2.40 bits per heavy atom. The van der Waals surface area contributed by atoms with Gasteiger partial charge in [0.1, 0.15) is 5.75 Å². The monoisotopic (exact) mass is 672 g/mol. The van der Waals surface area contributed by atoms with Crippen LogP contribution in [0.15, 0.2) is 72.8 Å². The minimum absolute atomic E-state index is 0.0961. The lowest BCUT2D eigenvalue weighted by molar-refractivity contribution is -0.161. The molecule has 2 aliphatic rings. The number of carbonyl (C=O) groups excluding carboxylic acids is 1. The molecule has 11 heteroatoms. The number of benzene rings is 3. The molecule has 1 aliphatic heterocycles. The maximum absolute atomic E-state index is 14.7. The van der Waals surface area contributed by atoms with E-state index in [2.05, 4.69) is 0 Å². The first kappa shape index (κ1) is 33.4. The minimum Gasteiger partial charge on any atom is -0.497 e. The highest BCUT2D eigenvalue weighted by Crippen LogP contribution is 2.54. The summed E-state index contributed by atoms with van der Waals surface area (Å²) >= 11 is 10.4. The van der Waals surface area contributed by atoms with E-state index in [-0.39, 0.29) is 37.3 Å². The fraction of sp³-hybridized carbons (Fsp3) is 0.412. The van der Waals surface area contributed by atoms with Gasteiger partial charge < -0.3 is 14.7 Å². The second-order valence-electron chi connectivity index (χ2n) is 12.3. The molecule has 5 atom stereocenters. The van der Waals surface area contributed by atoms with Crippen molar-refractivity contribution in [2.24, 2.45) is 11.3 Å². The topological polar surface area (TPSA) is 107 Å². The van der Waals surface area contributed by atoms with Crippen LogP contribution in [-0.2, 0) is 27.3 Å². The molecule has 5 rings (SSSR count). The third-order valence-electron chi connectivity index (χ3n) is 9.05. The van der Waals surface area contributed by atoms with Crippen LogP contribution in [0.5, 0.6) is 5.75 Å². The van der Waals surface area contributed by atoms with E-state index < -0.39 is 34.7 Å². The number of rotatable bonds is 13. The number of amides is 1. The Balaban J connectivity index is 1.57. The highest BCUT2D eigenvalue weighted by atomic mass is 35.5. The Bertz CT molecular complexity index is 1550. The summed E-state index contributed by atoms with van der Waals surface area (Å²) in [6.45, 7) is 2.15. The van der Waals surface area contributed by atoms with Crippen LogP contribution in [0.2, 0.25) is 10.0 Å². The Labute approximate surface area is 276 Å². The first-order chi connectivity index (χ1) is 21.5. The molecule has 2 N–H and O–H groups in total. The molecule has 240 valence electrons. The zero-order valence-electron chi connectivity index (χ0n) is 25.3. The van der Waals surface area contributed by atoms with Crippen LogP contribution in [0.25, 0.3) is 0 Å². The summed E-state index contributed by atoms with van der Waals surface area (Å²) in [4.78, 5) is 28.7. The number of carboxylic acids is 1. The van der Waals surface area contributed by atoms with Crippen LogP contribution in [0.3, 0.4) is 0 Å². The van der Waals surface area contributed by atoms with Gasteiger partial charge in [0, 0.05) is 35.1 Å². The van der Waals surface area contributed by atoms with E-state index in [0.717, 1.165) is 29.5 Å². The van der Waals surface area contributed by atoms with E-state index in [1.54, 1.807) is 32.2 Å². The van der Waals surface area contributed by atoms with E-state index in [9.17, 15) is 23.5 Å². The predicted octanol–water partition coefficient (Wildman–Crippen LogP) is 7.00. The zero-order chi connectivity index (χ0) is 32.3. The molecule has 8 nitrogen and oxygen atoms in total. The normalized spacial score (nSPS) is 23.2. The van der Waals surface area contributed by atoms with E-state index in [1.165, 1.54) is 4.31 Å². The van der Waals surface area contributed by atoms with Crippen molar-refractivity contribution in [3.8, 4) is 5.75 Å². The molecule has 45 heavy (non-hydrogen) atoms. The molecule has 1 saturated carbocycles. The Morgan fingerprint density at radius 1 is 1.07 bits per heavy atom. The lowest BCUT2D eigenvalue weighted by atomic mass is 9.67. The van der Waals surface area contributed by atoms with Crippen molar-refractivity contribution in [3.63, 3.8) is 0 Å². The van der Waals surface area contributed by atoms with Crippen molar-refractivity contribution < 1.29 is 28.2 Å². The number of carbonyl (C=O) groups is 2. The van der Waals surface area contributed by atoms with Crippen LogP contribution < -0.4 is 4.74 Å². The van der Waals surface area contributed by atoms with Gasteiger partial charge in [0.25, 0.3) is 0 Å². The van der Waals surface area contributed by atoms with Crippen LogP contribution in [0.4, 0.5) is 0 Å². The summed E-state index contributed by atoms with van der Waals surface area (Å²) in [7, 11) is 1.59. The number of hydrogen-bond acceptors (Lipinski definition) is 4. The van der Waals surface area contributed by atoms with Crippen molar-refractivity contribution in [1.82, 2.24) is 9.21 Å². The number of halogens is 2. The largest absolute Gasteiger partial charge is 0.497 e. The summed E-state index contributed by atoms with van der Waals surface area (Å²) in [5.41, 5.74) is 1.50. The number of ether oxygens (including phenoxy) is 1. The van der Waals surface area contributed by atoms with E-state index in [4.69, 9.17) is 27.9 Å². The van der Waals surface area contributed by atoms with Crippen LogP contribution in [0, 0.1) is 11.3 Å². The van der Waals surface area contributed by atoms with Crippen LogP contribution >= 0.6 is 23.2 Å². The molecular weight excluding hydrogens is 635 g/mol. The van der Waals surface area contributed by atoms with Gasteiger partial charge >= 0.3 is 5.97 Å². The summed E-state index contributed by atoms with van der Waals surface area (Å²) in [5, 5.41) is 11.0. The first-order valence-corrected chi connectivity index (χ1v) is 16.9. The first-order valence-electron chi connectivity index (χ1n) is 15.0. The van der Waals surface area contributed by atoms with E-state index in [0.29, 0.717) is 28.6 Å². The van der Waals surface area contributed by atoms with Gasteiger partial charge in [-0.2, -0.15) is 4.31 Å². The SMILES string of the molecule is COc1cccc(CCN(CC(C2CC2)N2C(=O)[C@@](C)(CC(=O)O)CC(c3cccc(Cl)c3)[C@H]2c2ccc(Cl)cc2)S(=O)O)c1. The van der Waals surface area contributed by atoms with Gasteiger partial charge in [0.05, 0.1) is 25.0 Å². The van der Waals surface area contributed by atoms with Crippen LogP contribution in [0.1, 0.15) is 61.3 Å². The molecule has 0 bridgehead atoms. The highest BCUT2D eigenvalue weighted by molar-refractivity contribution is 7.76. The minimum atomic E-state index is -2.31. The van der Waals surface area contributed by atoms with Gasteiger partial charge in [-0.05, 0) is 84.7 Å². The summed E-state index contributed by atoms with van der Waals surface area (Å²) in [6.07, 6.45) is 2.18. The van der Waals surface area contributed by atoms with Crippen molar-refractivity contribution in [2.75, 3.05) is 20.2 Å². The number of nitrogens with zero attached hydrogens (tertiary/aromatic N) is 2. The molecule has 1 amide bonds. The van der Waals surface area contributed by atoms with Crippen molar-refractivity contribution in [1.29, 1.82) is 0 Å². The number of hydrogen-bond donors (Lipinski definition) is 2. The molecule has 1 heterocycles. The fourth-order valence-electron chi connectivity index (χ4n) is 6.71. The number of likely N-dealkylation sites (tertiary alicyclic amines) is 1. The molecular formula is C34H38Cl2N2O6S. The Kier molecular flexibility index (Phi) is 10.6. The molecule has 0 spiro atoms. The van der Waals surface area contributed by atoms with Crippen LogP contribution in [-0.4, -0.2) is 61.2 Å². The van der Waals surface area contributed by atoms with E-state index in [1.807, 2.05) is 59.5 Å². The molecule has 3 aromatic rings. The predicted molar refractivity (Wildman–Crippen MR) is 176 cm³/mol. The Hall–Kier alpha value is -2.95. The van der Waals surface area contributed by atoms with Crippen molar-refractivity contribution >= 4 is 46.3 Å². The molecule has 0 aromatic heterocycles. The lowest BCUT2D eigenvalue weighted by Gasteiger charge is -2.52. The number of carboxylic acid groups (broad SMARTS) is 1. The molecule has 3 unspecified atom stereocenters. The second kappa shape index (κ2) is 14.2. The smallest absolute Gasteiger partial charge is 0.304 e. The summed E-state index contributed by atoms with van der Waals surface area (Å²) < 4.78 is 30.1. The average Bonchev–Trinajstić information content (AvgIpc) is 3.84. The summed E-state index contributed by atoms with van der Waals surface area (Å²) in [5.74, 6) is -0.817. The third-order valence-corrected chi connectivity index (χ3v) is 10.3. The maximum Gasteiger partial charge on any atom is 0.304 e. The number of methoxy groups -OCH3 is 1. The van der Waals surface area contributed by atoms with Crippen molar-refractivity contribution in [2.45, 2.75) is 57.0 Å². The average molecular weight is 674 g/mol. The van der Waals surface area contributed by atoms with Gasteiger partial charge in [-0.3, -0.25) is 14.1 Å². The number of piperidine rings is 1. The zero-order valence-corrected chi connectivity index (χ0v) is 27.6. The second-order valence-corrected chi connectivity index (χ2v) is 14.2. The van der Waals surface area contributed by atoms with Gasteiger partial charge in [0.2, 0.25) is 17.2 Å². The Morgan fingerprint density at radius 2 is 1.78 bits per heavy atom. The highest BCUT2D eigenvalue weighted by Gasteiger charge is 2.54.